The molecule has 3 nitrogen and oxygen atoms in total. The highest BCUT2D eigenvalue weighted by Gasteiger charge is 2.11. The average Bonchev–Trinajstić information content (AvgIpc) is 2.91. The molecule has 23 heavy (non-hydrogen) atoms. The molecule has 2 aromatic carbocycles. The summed E-state index contributed by atoms with van der Waals surface area (Å²) < 4.78 is 1.13. The Morgan fingerprint density at radius 1 is 1.22 bits per heavy atom. The Labute approximate surface area is 144 Å². The van der Waals surface area contributed by atoms with Crippen molar-refractivity contribution in [1.82, 2.24) is 4.98 Å². The maximum absolute atomic E-state index is 12.4. The predicted octanol–water partition coefficient (Wildman–Crippen LogP) is 5.28. The Bertz CT molecular complexity index is 853. The molecule has 0 aliphatic rings. The minimum absolute atomic E-state index is 0.119. The summed E-state index contributed by atoms with van der Waals surface area (Å²) in [6.45, 7) is 6.24. The third-order valence-electron chi connectivity index (χ3n) is 3.47. The van der Waals surface area contributed by atoms with Crippen LogP contribution in [-0.4, -0.2) is 16.6 Å². The number of fused-ring (bicyclic) bond motifs is 1. The van der Waals surface area contributed by atoms with Crippen LogP contribution in [0.25, 0.3) is 10.2 Å². The number of amides is 1. The number of hydrogen-bond acceptors (Lipinski definition) is 4. The fourth-order valence-electron chi connectivity index (χ4n) is 2.47. The van der Waals surface area contributed by atoms with E-state index >= 15 is 0 Å². The highest BCUT2D eigenvalue weighted by atomic mass is 32.2. The molecule has 0 aliphatic carbocycles. The third kappa shape index (κ3) is 3.57. The summed E-state index contributed by atoms with van der Waals surface area (Å²) in [7, 11) is 0. The van der Waals surface area contributed by atoms with Gasteiger partial charge in [-0.1, -0.05) is 24.3 Å². The van der Waals surface area contributed by atoms with Crippen molar-refractivity contribution < 1.29 is 4.79 Å². The molecule has 118 valence electrons. The van der Waals surface area contributed by atoms with E-state index in [1.165, 1.54) is 27.4 Å². The van der Waals surface area contributed by atoms with E-state index < -0.39 is 0 Å². The summed E-state index contributed by atoms with van der Waals surface area (Å²) in [6.07, 6.45) is 0. The minimum atomic E-state index is -0.119. The summed E-state index contributed by atoms with van der Waals surface area (Å²) in [4.78, 5) is 18.1. The standard InChI is InChI=1S/C18H18N2OS2/c1-4-22-14-7-5-13(6-8-14)17(21)20-18-19-15-10-11(2)9-12(3)16(15)23-18/h5-10H,4H2,1-3H3,(H,19,20,21). The second kappa shape index (κ2) is 6.72. The zero-order valence-corrected chi connectivity index (χ0v) is 15.0. The van der Waals surface area contributed by atoms with Gasteiger partial charge in [0, 0.05) is 10.5 Å². The van der Waals surface area contributed by atoms with Gasteiger partial charge in [0.05, 0.1) is 10.2 Å². The summed E-state index contributed by atoms with van der Waals surface area (Å²) >= 11 is 3.28. The Morgan fingerprint density at radius 3 is 2.65 bits per heavy atom. The maximum Gasteiger partial charge on any atom is 0.257 e. The van der Waals surface area contributed by atoms with Crippen LogP contribution in [0.5, 0.6) is 0 Å². The monoisotopic (exact) mass is 342 g/mol. The maximum atomic E-state index is 12.4. The van der Waals surface area contributed by atoms with Gasteiger partial charge in [-0.05, 0) is 61.1 Å². The molecule has 0 saturated heterocycles. The van der Waals surface area contributed by atoms with Crippen molar-refractivity contribution >= 4 is 44.4 Å². The molecule has 1 N–H and O–H groups in total. The molecule has 1 amide bonds. The molecular weight excluding hydrogens is 324 g/mol. The first-order valence-electron chi connectivity index (χ1n) is 7.49. The molecule has 0 fully saturated rings. The number of nitrogens with zero attached hydrogens (tertiary/aromatic N) is 1. The second-order valence-electron chi connectivity index (χ2n) is 5.36. The Kier molecular flexibility index (Phi) is 4.68. The SMILES string of the molecule is CCSc1ccc(C(=O)Nc2nc3cc(C)cc(C)c3s2)cc1. The molecular formula is C18H18N2OS2. The van der Waals surface area contributed by atoms with Crippen molar-refractivity contribution in [3.05, 3.63) is 53.1 Å². The lowest BCUT2D eigenvalue weighted by Gasteiger charge is -2.03. The molecule has 0 spiro atoms. The van der Waals surface area contributed by atoms with Gasteiger partial charge in [-0.25, -0.2) is 4.98 Å². The minimum Gasteiger partial charge on any atom is -0.298 e. The van der Waals surface area contributed by atoms with Gasteiger partial charge < -0.3 is 0 Å². The van der Waals surface area contributed by atoms with Crippen LogP contribution in [0.4, 0.5) is 5.13 Å². The first kappa shape index (κ1) is 16.0. The summed E-state index contributed by atoms with van der Waals surface area (Å²) in [6, 6.07) is 11.9. The van der Waals surface area contributed by atoms with Crippen molar-refractivity contribution in [2.75, 3.05) is 11.1 Å². The van der Waals surface area contributed by atoms with Crippen LogP contribution in [0, 0.1) is 13.8 Å². The molecule has 0 unspecified atom stereocenters. The fourth-order valence-corrected chi connectivity index (χ4v) is 4.04. The number of aryl methyl sites for hydroxylation is 2. The number of nitrogens with one attached hydrogen (secondary N) is 1. The van der Waals surface area contributed by atoms with Crippen LogP contribution in [-0.2, 0) is 0 Å². The number of carbonyl (C=O) groups is 1. The van der Waals surface area contributed by atoms with E-state index in [4.69, 9.17) is 0 Å². The number of benzene rings is 2. The molecule has 0 atom stereocenters. The number of hydrogen-bond donors (Lipinski definition) is 1. The van der Waals surface area contributed by atoms with Crippen molar-refractivity contribution in [3.8, 4) is 0 Å². The van der Waals surface area contributed by atoms with Gasteiger partial charge in [-0.2, -0.15) is 0 Å². The molecule has 5 heteroatoms. The summed E-state index contributed by atoms with van der Waals surface area (Å²) in [5.41, 5.74) is 3.97. The first-order chi connectivity index (χ1) is 11.1. The molecule has 3 aromatic rings. The van der Waals surface area contributed by atoms with Gasteiger partial charge in [0.2, 0.25) is 0 Å². The zero-order chi connectivity index (χ0) is 16.4. The van der Waals surface area contributed by atoms with E-state index in [0.717, 1.165) is 16.0 Å². The summed E-state index contributed by atoms with van der Waals surface area (Å²) in [5.74, 6) is 0.905. The van der Waals surface area contributed by atoms with E-state index in [1.807, 2.05) is 30.3 Å². The normalized spacial score (nSPS) is 10.9. The lowest BCUT2D eigenvalue weighted by molar-refractivity contribution is 0.102. The number of anilines is 1. The lowest BCUT2D eigenvalue weighted by Crippen LogP contribution is -2.11. The van der Waals surface area contributed by atoms with Crippen LogP contribution in [0.3, 0.4) is 0 Å². The van der Waals surface area contributed by atoms with E-state index in [-0.39, 0.29) is 5.91 Å². The van der Waals surface area contributed by atoms with Crippen LogP contribution >= 0.6 is 23.1 Å². The molecule has 0 bridgehead atoms. The molecule has 0 aliphatic heterocycles. The number of rotatable bonds is 4. The number of thioether (sulfide) groups is 1. The van der Waals surface area contributed by atoms with Crippen LogP contribution in [0.2, 0.25) is 0 Å². The molecule has 0 radical (unpaired) electrons. The van der Waals surface area contributed by atoms with Crippen LogP contribution in [0.15, 0.2) is 41.3 Å². The molecule has 1 aromatic heterocycles. The zero-order valence-electron chi connectivity index (χ0n) is 13.3. The first-order valence-corrected chi connectivity index (χ1v) is 9.29. The molecule has 0 saturated carbocycles. The Morgan fingerprint density at radius 2 is 1.96 bits per heavy atom. The smallest absolute Gasteiger partial charge is 0.257 e. The number of aromatic nitrogens is 1. The quantitative estimate of drug-likeness (QED) is 0.656. The Balaban J connectivity index is 1.81. The summed E-state index contributed by atoms with van der Waals surface area (Å²) in [5, 5.41) is 3.55. The third-order valence-corrected chi connectivity index (χ3v) is 5.48. The van der Waals surface area contributed by atoms with Gasteiger partial charge in [0.25, 0.3) is 5.91 Å². The highest BCUT2D eigenvalue weighted by Crippen LogP contribution is 2.30. The van der Waals surface area contributed by atoms with Crippen molar-refractivity contribution in [2.45, 2.75) is 25.7 Å². The van der Waals surface area contributed by atoms with Gasteiger partial charge in [-0.3, -0.25) is 10.1 Å². The topological polar surface area (TPSA) is 42.0 Å². The van der Waals surface area contributed by atoms with Gasteiger partial charge in [0.15, 0.2) is 5.13 Å². The van der Waals surface area contributed by atoms with Gasteiger partial charge in [0.1, 0.15) is 0 Å². The number of thiazole rings is 1. The van der Waals surface area contributed by atoms with Gasteiger partial charge in [-0.15, -0.1) is 11.8 Å². The largest absolute Gasteiger partial charge is 0.298 e. The lowest BCUT2D eigenvalue weighted by atomic mass is 10.1. The van der Waals surface area contributed by atoms with Crippen molar-refractivity contribution in [3.63, 3.8) is 0 Å². The van der Waals surface area contributed by atoms with E-state index in [1.54, 1.807) is 11.8 Å². The van der Waals surface area contributed by atoms with Gasteiger partial charge >= 0.3 is 0 Å². The van der Waals surface area contributed by atoms with E-state index in [2.05, 4.69) is 37.1 Å². The average molecular weight is 342 g/mol. The van der Waals surface area contributed by atoms with E-state index in [9.17, 15) is 4.79 Å². The second-order valence-corrected chi connectivity index (χ2v) is 7.70. The number of carbonyl (C=O) groups excluding carboxylic acids is 1. The predicted molar refractivity (Wildman–Crippen MR) is 99.9 cm³/mol. The van der Waals surface area contributed by atoms with Crippen LogP contribution in [0.1, 0.15) is 28.4 Å². The Hall–Kier alpha value is -1.85. The van der Waals surface area contributed by atoms with Crippen molar-refractivity contribution in [2.24, 2.45) is 0 Å². The van der Waals surface area contributed by atoms with E-state index in [0.29, 0.717) is 10.7 Å². The van der Waals surface area contributed by atoms with Crippen molar-refractivity contribution in [1.29, 1.82) is 0 Å². The molecule has 1 heterocycles. The highest BCUT2D eigenvalue weighted by molar-refractivity contribution is 7.99. The molecule has 3 rings (SSSR count). The fraction of sp³-hybridized carbons (Fsp3) is 0.222. The van der Waals surface area contributed by atoms with Crippen LogP contribution < -0.4 is 5.32 Å².